The van der Waals surface area contributed by atoms with Gasteiger partial charge >= 0.3 is 11.9 Å². The van der Waals surface area contributed by atoms with E-state index in [1.54, 1.807) is 0 Å². The Hall–Kier alpha value is -1.14. The summed E-state index contributed by atoms with van der Waals surface area (Å²) < 4.78 is 11.4. The number of nitrogens with zero attached hydrogens (tertiary/aromatic N) is 1. The van der Waals surface area contributed by atoms with Crippen molar-refractivity contribution >= 4 is 11.9 Å². The molecule has 0 rings (SSSR count). The van der Waals surface area contributed by atoms with Crippen LogP contribution >= 0.6 is 0 Å². The molecule has 0 saturated carbocycles. The second-order valence-electron chi connectivity index (χ2n) is 17.6. The molecule has 0 unspecified atom stereocenters. The molecule has 0 aliphatic heterocycles. The topological polar surface area (TPSA) is 76.1 Å². The highest BCUT2D eigenvalue weighted by molar-refractivity contribution is 5.69. The summed E-state index contributed by atoms with van der Waals surface area (Å²) in [7, 11) is 0. The Bertz CT molecular complexity index is 786. The van der Waals surface area contributed by atoms with Gasteiger partial charge in [-0.2, -0.15) is 0 Å². The van der Waals surface area contributed by atoms with E-state index in [2.05, 4.69) is 39.5 Å². The Morgan fingerprint density at radius 2 is 0.907 bits per heavy atom. The Morgan fingerprint density at radius 1 is 0.500 bits per heavy atom. The van der Waals surface area contributed by atoms with Gasteiger partial charge in [0, 0.05) is 19.4 Å². The Kier molecular flexibility index (Phi) is 39.2. The third-order valence-corrected chi connectivity index (χ3v) is 11.5. The highest BCUT2D eigenvalue weighted by atomic mass is 16.5. The number of aliphatic hydroxyl groups is 1. The maximum atomic E-state index is 12.6. The van der Waals surface area contributed by atoms with E-state index in [0.29, 0.717) is 32.0 Å². The number of carbonyl (C=O) groups is 2. The van der Waals surface area contributed by atoms with Gasteiger partial charge in [-0.25, -0.2) is 0 Å². The molecule has 0 heterocycles. The van der Waals surface area contributed by atoms with Gasteiger partial charge in [0.2, 0.25) is 0 Å². The largest absolute Gasteiger partial charge is 0.466 e. The third-order valence-electron chi connectivity index (χ3n) is 11.5. The van der Waals surface area contributed by atoms with Crippen LogP contribution in [0.4, 0.5) is 0 Å². The highest BCUT2D eigenvalue weighted by Gasteiger charge is 2.19. The summed E-state index contributed by atoms with van der Waals surface area (Å²) in [5, 5.41) is 9.62. The lowest BCUT2D eigenvalue weighted by molar-refractivity contribution is -0.146. The highest BCUT2D eigenvalue weighted by Crippen LogP contribution is 2.28. The lowest BCUT2D eigenvalue weighted by atomic mass is 9.84. The van der Waals surface area contributed by atoms with E-state index in [1.165, 1.54) is 135 Å². The van der Waals surface area contributed by atoms with Crippen molar-refractivity contribution in [2.45, 2.75) is 247 Å². The molecular formula is C48H95NO5. The molecule has 0 aromatic rings. The predicted octanol–water partition coefficient (Wildman–Crippen LogP) is 13.9. The minimum atomic E-state index is -0.0321. The van der Waals surface area contributed by atoms with Crippen LogP contribution in [0.25, 0.3) is 0 Å². The van der Waals surface area contributed by atoms with E-state index < -0.39 is 0 Å². The smallest absolute Gasteiger partial charge is 0.305 e. The average Bonchev–Trinajstić information content (AvgIpc) is 3.15. The van der Waals surface area contributed by atoms with Crippen molar-refractivity contribution in [1.82, 2.24) is 4.90 Å². The molecule has 0 aromatic heterocycles. The monoisotopic (exact) mass is 766 g/mol. The molecule has 322 valence electrons. The van der Waals surface area contributed by atoms with Gasteiger partial charge in [-0.05, 0) is 75.8 Å². The number of carbonyl (C=O) groups excluding carboxylic acids is 2. The molecule has 0 saturated heterocycles. The molecule has 6 heteroatoms. The van der Waals surface area contributed by atoms with Crippen LogP contribution in [0.1, 0.15) is 247 Å². The van der Waals surface area contributed by atoms with E-state index >= 15 is 0 Å². The zero-order valence-electron chi connectivity index (χ0n) is 37.2. The van der Waals surface area contributed by atoms with Gasteiger partial charge in [-0.15, -0.1) is 0 Å². The molecule has 0 amide bonds. The van der Waals surface area contributed by atoms with Crippen LogP contribution in [0.5, 0.6) is 0 Å². The van der Waals surface area contributed by atoms with Gasteiger partial charge in [-0.3, -0.25) is 9.59 Å². The Balaban J connectivity index is 4.07. The number of hydrogen-bond acceptors (Lipinski definition) is 6. The van der Waals surface area contributed by atoms with Crippen LogP contribution < -0.4 is 0 Å². The first-order valence-corrected chi connectivity index (χ1v) is 23.9. The fourth-order valence-electron chi connectivity index (χ4n) is 7.61. The van der Waals surface area contributed by atoms with Gasteiger partial charge in [0.05, 0.1) is 19.8 Å². The van der Waals surface area contributed by atoms with E-state index in [4.69, 9.17) is 9.47 Å². The molecule has 54 heavy (non-hydrogen) atoms. The number of hydrogen-bond donors (Lipinski definition) is 1. The number of rotatable bonds is 43. The molecule has 0 aliphatic rings. The van der Waals surface area contributed by atoms with Crippen molar-refractivity contribution in [3.63, 3.8) is 0 Å². The van der Waals surface area contributed by atoms with Crippen molar-refractivity contribution < 1.29 is 24.2 Å². The molecule has 0 radical (unpaired) electrons. The van der Waals surface area contributed by atoms with E-state index in [0.717, 1.165) is 83.8 Å². The van der Waals surface area contributed by atoms with E-state index in [-0.39, 0.29) is 24.0 Å². The molecule has 0 fully saturated rings. The second-order valence-corrected chi connectivity index (χ2v) is 17.6. The van der Waals surface area contributed by atoms with Gasteiger partial charge in [0.1, 0.15) is 0 Å². The van der Waals surface area contributed by atoms with Gasteiger partial charge in [0.25, 0.3) is 0 Å². The molecule has 0 spiro atoms. The van der Waals surface area contributed by atoms with Crippen molar-refractivity contribution in [2.75, 3.05) is 39.5 Å². The summed E-state index contributed by atoms with van der Waals surface area (Å²) in [6.45, 7) is 15.5. The predicted molar refractivity (Wildman–Crippen MR) is 232 cm³/mol. The van der Waals surface area contributed by atoms with Crippen molar-refractivity contribution in [3.05, 3.63) is 0 Å². The van der Waals surface area contributed by atoms with E-state index in [1.807, 2.05) is 0 Å². The zero-order valence-corrected chi connectivity index (χ0v) is 37.2. The molecular weight excluding hydrogens is 671 g/mol. The quantitative estimate of drug-likeness (QED) is 0.0492. The molecule has 0 aromatic carbocycles. The first kappa shape index (κ1) is 52.9. The van der Waals surface area contributed by atoms with Crippen LogP contribution in [-0.2, 0) is 19.1 Å². The third kappa shape index (κ3) is 37.8. The summed E-state index contributed by atoms with van der Waals surface area (Å²) in [6, 6.07) is 0. The first-order valence-electron chi connectivity index (χ1n) is 23.9. The van der Waals surface area contributed by atoms with Crippen LogP contribution in [0.3, 0.4) is 0 Å². The lowest BCUT2D eigenvalue weighted by Crippen LogP contribution is -2.29. The standard InChI is InChI=1S/C48H95NO5/c1-6-9-12-15-18-19-23-28-35-46(51)53-43-38-48(4,5)37-30-32-40-49(41-42-50)39-31-25-20-24-29-36-47(52)54-44-45(33-26-21-16-13-10-7-2)34-27-22-17-14-11-8-3/h45,50H,6-44H2,1-5H3. The Labute approximate surface area is 337 Å². The number of unbranched alkanes of at least 4 members (excludes halogenated alkanes) is 22. The Morgan fingerprint density at radius 3 is 1.39 bits per heavy atom. The van der Waals surface area contributed by atoms with Crippen LogP contribution in [0.2, 0.25) is 0 Å². The van der Waals surface area contributed by atoms with E-state index in [9.17, 15) is 14.7 Å². The van der Waals surface area contributed by atoms with Gasteiger partial charge in [0.15, 0.2) is 0 Å². The SMILES string of the molecule is CCCCCCCCCCC(=O)OCCC(C)(C)CCCCN(CCO)CCCCCCCC(=O)OCC(CCCCCCCC)CCCCCCCC. The fraction of sp³-hybridized carbons (Fsp3) is 0.958. The molecule has 0 atom stereocenters. The van der Waals surface area contributed by atoms with Crippen molar-refractivity contribution in [1.29, 1.82) is 0 Å². The van der Waals surface area contributed by atoms with Crippen LogP contribution in [0.15, 0.2) is 0 Å². The summed E-state index contributed by atoms with van der Waals surface area (Å²) in [5.74, 6) is 0.499. The van der Waals surface area contributed by atoms with Crippen LogP contribution in [-0.4, -0.2) is 61.4 Å². The minimum Gasteiger partial charge on any atom is -0.466 e. The summed E-state index contributed by atoms with van der Waals surface area (Å²) >= 11 is 0. The molecule has 1 N–H and O–H groups in total. The maximum absolute atomic E-state index is 12.6. The number of esters is 2. The number of ether oxygens (including phenoxy) is 2. The van der Waals surface area contributed by atoms with Crippen molar-refractivity contribution in [3.8, 4) is 0 Å². The zero-order chi connectivity index (χ0) is 39.8. The second kappa shape index (κ2) is 40.1. The summed E-state index contributed by atoms with van der Waals surface area (Å²) in [4.78, 5) is 27.1. The first-order chi connectivity index (χ1) is 26.3. The summed E-state index contributed by atoms with van der Waals surface area (Å²) in [5.41, 5.74) is 0.163. The van der Waals surface area contributed by atoms with Gasteiger partial charge < -0.3 is 19.5 Å². The van der Waals surface area contributed by atoms with Gasteiger partial charge in [-0.1, -0.05) is 182 Å². The molecule has 0 aliphatic carbocycles. The lowest BCUT2D eigenvalue weighted by Gasteiger charge is -2.26. The normalized spacial score (nSPS) is 11.9. The average molecular weight is 766 g/mol. The fourth-order valence-corrected chi connectivity index (χ4v) is 7.61. The molecule has 6 nitrogen and oxygen atoms in total. The summed E-state index contributed by atoms with van der Waals surface area (Å²) in [6.07, 6.45) is 39.1. The van der Waals surface area contributed by atoms with Crippen LogP contribution in [0, 0.1) is 11.3 Å². The maximum Gasteiger partial charge on any atom is 0.305 e. The minimum absolute atomic E-state index is 0.00158. The number of aliphatic hydroxyl groups excluding tert-OH is 1. The molecule has 0 bridgehead atoms. The van der Waals surface area contributed by atoms with Crippen molar-refractivity contribution in [2.24, 2.45) is 11.3 Å².